The number of aliphatic hydroxyl groups is 1. The lowest BCUT2D eigenvalue weighted by Crippen LogP contribution is -2.37. The second-order valence-corrected chi connectivity index (χ2v) is 5.86. The Labute approximate surface area is 137 Å². The molecular weight excluding hydrogens is 318 g/mol. The number of amides is 1. The molecule has 1 amide bonds. The molecule has 0 bridgehead atoms. The first kappa shape index (κ1) is 16.6. The molecule has 2 N–H and O–H groups in total. The van der Waals surface area contributed by atoms with Crippen LogP contribution in [0.5, 0.6) is 0 Å². The number of β-amino-alcohol motifs (C(OH)–C–C–N with tert-alkyl or cyclic N) is 1. The Hall–Kier alpha value is -2.25. The lowest BCUT2D eigenvalue weighted by molar-refractivity contribution is -0.122. The number of nitrogens with one attached hydrogen (secondary N) is 1. The van der Waals surface area contributed by atoms with Crippen molar-refractivity contribution in [3.63, 3.8) is 0 Å². The predicted octanol–water partition coefficient (Wildman–Crippen LogP) is 1.98. The van der Waals surface area contributed by atoms with Crippen molar-refractivity contribution >= 4 is 5.91 Å². The number of halogens is 2. The molecule has 0 spiro atoms. The van der Waals surface area contributed by atoms with E-state index in [1.165, 1.54) is 12.3 Å². The summed E-state index contributed by atoms with van der Waals surface area (Å²) in [6.45, 7) is 0.636. The number of carbonyl (C=O) groups excluding carboxylic acids is 1. The second-order valence-electron chi connectivity index (χ2n) is 5.86. The summed E-state index contributed by atoms with van der Waals surface area (Å²) in [4.78, 5) is 13.8. The summed E-state index contributed by atoms with van der Waals surface area (Å²) in [7, 11) is 0. The summed E-state index contributed by atoms with van der Waals surface area (Å²) in [5.41, 5.74) is 0.546. The Morgan fingerprint density at radius 3 is 2.88 bits per heavy atom. The molecule has 2 aromatic rings. The van der Waals surface area contributed by atoms with Crippen LogP contribution in [0.4, 0.5) is 8.78 Å². The van der Waals surface area contributed by atoms with Crippen molar-refractivity contribution in [2.45, 2.75) is 25.1 Å². The molecule has 0 saturated carbocycles. The summed E-state index contributed by atoms with van der Waals surface area (Å²) in [5, 5.41) is 12.6. The van der Waals surface area contributed by atoms with Crippen molar-refractivity contribution in [3.05, 3.63) is 59.6 Å². The van der Waals surface area contributed by atoms with Gasteiger partial charge in [-0.15, -0.1) is 0 Å². The first-order chi connectivity index (χ1) is 11.5. The van der Waals surface area contributed by atoms with Crippen molar-refractivity contribution in [2.75, 3.05) is 13.1 Å². The predicted molar refractivity (Wildman–Crippen MR) is 81.9 cm³/mol. The maximum Gasteiger partial charge on any atom is 0.234 e. The van der Waals surface area contributed by atoms with E-state index in [9.17, 15) is 18.7 Å². The van der Waals surface area contributed by atoms with E-state index in [1.807, 2.05) is 0 Å². The van der Waals surface area contributed by atoms with E-state index in [2.05, 4.69) is 5.32 Å². The Balaban J connectivity index is 1.64. The molecule has 2 atom stereocenters. The van der Waals surface area contributed by atoms with Gasteiger partial charge in [0.1, 0.15) is 5.76 Å². The van der Waals surface area contributed by atoms with Crippen molar-refractivity contribution in [3.8, 4) is 0 Å². The van der Waals surface area contributed by atoms with E-state index in [4.69, 9.17) is 4.42 Å². The van der Waals surface area contributed by atoms with Crippen LogP contribution < -0.4 is 5.32 Å². The third kappa shape index (κ3) is 3.80. The van der Waals surface area contributed by atoms with Crippen LogP contribution in [0.25, 0.3) is 0 Å². The van der Waals surface area contributed by atoms with Gasteiger partial charge in [-0.25, -0.2) is 8.78 Å². The third-order valence-corrected chi connectivity index (χ3v) is 4.10. The van der Waals surface area contributed by atoms with Gasteiger partial charge in [0.25, 0.3) is 0 Å². The number of benzene rings is 1. The summed E-state index contributed by atoms with van der Waals surface area (Å²) in [6, 6.07) is 6.82. The molecule has 5 nitrogen and oxygen atoms in total. The molecule has 1 saturated heterocycles. The molecule has 1 aromatic heterocycles. The molecule has 0 unspecified atom stereocenters. The molecule has 24 heavy (non-hydrogen) atoms. The average Bonchev–Trinajstić information content (AvgIpc) is 3.18. The normalized spacial score (nSPS) is 21.1. The van der Waals surface area contributed by atoms with Crippen molar-refractivity contribution in [2.24, 2.45) is 0 Å². The lowest BCUT2D eigenvalue weighted by Gasteiger charge is -2.23. The highest BCUT2D eigenvalue weighted by Gasteiger charge is 2.33. The fourth-order valence-electron chi connectivity index (χ4n) is 2.96. The van der Waals surface area contributed by atoms with Crippen molar-refractivity contribution in [1.29, 1.82) is 0 Å². The van der Waals surface area contributed by atoms with Crippen LogP contribution in [0.1, 0.15) is 23.8 Å². The van der Waals surface area contributed by atoms with E-state index in [-0.39, 0.29) is 25.0 Å². The number of hydrogen-bond acceptors (Lipinski definition) is 4. The fraction of sp³-hybridized carbons (Fsp3) is 0.353. The van der Waals surface area contributed by atoms with Gasteiger partial charge in [-0.1, -0.05) is 6.07 Å². The van der Waals surface area contributed by atoms with Gasteiger partial charge in [0.15, 0.2) is 11.6 Å². The number of furan rings is 1. The second kappa shape index (κ2) is 7.11. The zero-order valence-electron chi connectivity index (χ0n) is 12.9. The Morgan fingerprint density at radius 1 is 1.33 bits per heavy atom. The molecule has 0 aliphatic carbocycles. The molecule has 7 heteroatoms. The van der Waals surface area contributed by atoms with Gasteiger partial charge in [0.05, 0.1) is 25.5 Å². The quantitative estimate of drug-likeness (QED) is 0.876. The van der Waals surface area contributed by atoms with Crippen LogP contribution >= 0.6 is 0 Å². The zero-order chi connectivity index (χ0) is 17.1. The monoisotopic (exact) mass is 336 g/mol. The minimum absolute atomic E-state index is 0.0570. The highest BCUT2D eigenvalue weighted by atomic mass is 19.2. The van der Waals surface area contributed by atoms with Crippen molar-refractivity contribution in [1.82, 2.24) is 10.2 Å². The molecule has 0 radical (unpaired) electrons. The van der Waals surface area contributed by atoms with E-state index in [0.29, 0.717) is 24.3 Å². The number of likely N-dealkylation sites (tertiary alicyclic amines) is 1. The highest BCUT2D eigenvalue weighted by molar-refractivity contribution is 5.78. The summed E-state index contributed by atoms with van der Waals surface area (Å²) < 4.78 is 31.7. The van der Waals surface area contributed by atoms with Gasteiger partial charge < -0.3 is 14.8 Å². The van der Waals surface area contributed by atoms with Gasteiger partial charge in [0.2, 0.25) is 5.91 Å². The standard InChI is InChI=1S/C17H18F2N2O3/c18-14-4-3-11(6-15(14)19)16-7-12(22)9-21(16)10-17(23)20-8-13-2-1-5-24-13/h1-6,12,16,22H,7-10H2,(H,20,23)/t12-,16-/m1/s1. The van der Waals surface area contributed by atoms with Crippen LogP contribution in [0.2, 0.25) is 0 Å². The first-order valence-corrected chi connectivity index (χ1v) is 7.69. The van der Waals surface area contributed by atoms with Crippen LogP contribution in [0.3, 0.4) is 0 Å². The van der Waals surface area contributed by atoms with Gasteiger partial charge in [-0.2, -0.15) is 0 Å². The minimum Gasteiger partial charge on any atom is -0.467 e. The Morgan fingerprint density at radius 2 is 2.17 bits per heavy atom. The lowest BCUT2D eigenvalue weighted by atomic mass is 10.0. The highest BCUT2D eigenvalue weighted by Crippen LogP contribution is 2.32. The molecule has 128 valence electrons. The maximum atomic E-state index is 13.5. The molecule has 1 aromatic carbocycles. The number of nitrogens with zero attached hydrogens (tertiary/aromatic N) is 1. The summed E-state index contributed by atoms with van der Waals surface area (Å²) >= 11 is 0. The summed E-state index contributed by atoms with van der Waals surface area (Å²) in [6.07, 6.45) is 1.29. The van der Waals surface area contributed by atoms with Crippen LogP contribution in [-0.4, -0.2) is 35.1 Å². The number of aliphatic hydroxyl groups excluding tert-OH is 1. The maximum absolute atomic E-state index is 13.5. The molecule has 1 aliphatic rings. The van der Waals surface area contributed by atoms with Gasteiger partial charge in [-0.3, -0.25) is 9.69 Å². The minimum atomic E-state index is -0.934. The third-order valence-electron chi connectivity index (χ3n) is 4.10. The molecular formula is C17H18F2N2O3. The van der Waals surface area contributed by atoms with Crippen LogP contribution in [0, 0.1) is 11.6 Å². The van der Waals surface area contributed by atoms with E-state index >= 15 is 0 Å². The summed E-state index contributed by atoms with van der Waals surface area (Å²) in [5.74, 6) is -1.44. The van der Waals surface area contributed by atoms with Gasteiger partial charge in [-0.05, 0) is 36.2 Å². The Bertz CT molecular complexity index is 706. The molecule has 1 fully saturated rings. The van der Waals surface area contributed by atoms with Gasteiger partial charge in [0, 0.05) is 12.6 Å². The SMILES string of the molecule is O=C(CN1C[C@H](O)C[C@@H]1c1ccc(F)c(F)c1)NCc1ccco1. The van der Waals surface area contributed by atoms with Crippen LogP contribution in [-0.2, 0) is 11.3 Å². The first-order valence-electron chi connectivity index (χ1n) is 7.69. The molecule has 2 heterocycles. The topological polar surface area (TPSA) is 65.7 Å². The largest absolute Gasteiger partial charge is 0.467 e. The van der Waals surface area contributed by atoms with Crippen LogP contribution in [0.15, 0.2) is 41.0 Å². The molecule has 1 aliphatic heterocycles. The Kier molecular flexibility index (Phi) is 4.92. The molecule has 3 rings (SSSR count). The van der Waals surface area contributed by atoms with E-state index < -0.39 is 17.7 Å². The number of carbonyl (C=O) groups is 1. The zero-order valence-corrected chi connectivity index (χ0v) is 12.9. The number of hydrogen-bond donors (Lipinski definition) is 2. The number of rotatable bonds is 5. The van der Waals surface area contributed by atoms with Gasteiger partial charge >= 0.3 is 0 Å². The fourth-order valence-corrected chi connectivity index (χ4v) is 2.96. The van der Waals surface area contributed by atoms with Crippen molar-refractivity contribution < 1.29 is 23.1 Å². The van der Waals surface area contributed by atoms with E-state index in [1.54, 1.807) is 17.0 Å². The van der Waals surface area contributed by atoms with E-state index in [0.717, 1.165) is 12.1 Å². The average molecular weight is 336 g/mol. The smallest absolute Gasteiger partial charge is 0.234 e.